The molecule has 4 aliphatic rings. The van der Waals surface area contributed by atoms with Gasteiger partial charge in [-0.2, -0.15) is 0 Å². The summed E-state index contributed by atoms with van der Waals surface area (Å²) in [6.45, 7) is 5.69. The summed E-state index contributed by atoms with van der Waals surface area (Å²) < 4.78 is 0. The summed E-state index contributed by atoms with van der Waals surface area (Å²) in [4.78, 5) is 26.9. The Morgan fingerprint density at radius 1 is 1.17 bits per heavy atom. The number of carbonyl (C=O) groups excluding carboxylic acids is 2. The van der Waals surface area contributed by atoms with Crippen LogP contribution in [0.25, 0.3) is 0 Å². The van der Waals surface area contributed by atoms with E-state index >= 15 is 0 Å². The first-order valence-electron chi connectivity index (χ1n) is 7.42. The third-order valence-electron chi connectivity index (χ3n) is 5.50. The molecule has 0 aromatic heterocycles. The summed E-state index contributed by atoms with van der Waals surface area (Å²) in [5.74, 6) is 1.85. The molecule has 0 N–H and O–H groups in total. The fourth-order valence-electron chi connectivity index (χ4n) is 4.86. The Bertz CT molecular complexity index is 368. The number of hydrogen-bond donors (Lipinski definition) is 0. The second-order valence-electron chi connectivity index (χ2n) is 6.50. The number of nitrogens with zero attached hydrogens (tertiary/aromatic N) is 1. The maximum absolute atomic E-state index is 12.8. The van der Waals surface area contributed by atoms with E-state index in [1.807, 2.05) is 18.7 Å². The van der Waals surface area contributed by atoms with Gasteiger partial charge in [0.05, 0.1) is 5.41 Å². The topological polar surface area (TPSA) is 37.4 Å². The van der Waals surface area contributed by atoms with Crippen LogP contribution in [0.2, 0.25) is 0 Å². The van der Waals surface area contributed by atoms with Crippen LogP contribution >= 0.6 is 0 Å². The number of Topliss-reactive ketones (excluding diaryl/α,β-unsaturated/α-hetero) is 1. The molecule has 4 saturated carbocycles. The Morgan fingerprint density at radius 2 is 1.72 bits per heavy atom. The van der Waals surface area contributed by atoms with Crippen molar-refractivity contribution in [2.45, 2.75) is 46.0 Å². The molecule has 4 rings (SSSR count). The van der Waals surface area contributed by atoms with Crippen molar-refractivity contribution in [3.05, 3.63) is 0 Å². The minimum absolute atomic E-state index is 0.170. The van der Waals surface area contributed by atoms with Gasteiger partial charge in [0.25, 0.3) is 0 Å². The van der Waals surface area contributed by atoms with Gasteiger partial charge in [0.1, 0.15) is 5.78 Å². The summed E-state index contributed by atoms with van der Waals surface area (Å²) in [6, 6.07) is 0. The van der Waals surface area contributed by atoms with Crippen LogP contribution in [0.4, 0.5) is 0 Å². The van der Waals surface area contributed by atoms with Gasteiger partial charge in [-0.05, 0) is 51.9 Å². The largest absolute Gasteiger partial charge is 0.343 e. The standard InChI is InChI=1S/C15H23NO2/c1-3-16(4-2)14(18)15-7-10-5-11(8-15)13(17)12(6-10)9-15/h10-12H,3-9H2,1-2H3. The van der Waals surface area contributed by atoms with Gasteiger partial charge in [0.15, 0.2) is 0 Å². The van der Waals surface area contributed by atoms with Gasteiger partial charge in [0.2, 0.25) is 5.91 Å². The van der Waals surface area contributed by atoms with Crippen LogP contribution in [0.15, 0.2) is 0 Å². The quantitative estimate of drug-likeness (QED) is 0.769. The highest BCUT2D eigenvalue weighted by atomic mass is 16.2. The lowest BCUT2D eigenvalue weighted by molar-refractivity contribution is -0.164. The number of rotatable bonds is 3. The highest BCUT2D eigenvalue weighted by Crippen LogP contribution is 2.59. The number of hydrogen-bond acceptors (Lipinski definition) is 2. The molecule has 0 aromatic carbocycles. The second-order valence-corrected chi connectivity index (χ2v) is 6.50. The summed E-state index contributed by atoms with van der Waals surface area (Å²) >= 11 is 0. The number of carbonyl (C=O) groups is 2. The maximum atomic E-state index is 12.8. The van der Waals surface area contributed by atoms with Crippen molar-refractivity contribution < 1.29 is 9.59 Å². The van der Waals surface area contributed by atoms with Crippen molar-refractivity contribution in [3.8, 4) is 0 Å². The summed E-state index contributed by atoms with van der Waals surface area (Å²) in [5, 5.41) is 0. The van der Waals surface area contributed by atoms with Gasteiger partial charge in [-0.15, -0.1) is 0 Å². The Morgan fingerprint density at radius 3 is 2.22 bits per heavy atom. The highest BCUT2D eigenvalue weighted by Gasteiger charge is 2.58. The summed E-state index contributed by atoms with van der Waals surface area (Å²) in [7, 11) is 0. The number of amides is 1. The lowest BCUT2D eigenvalue weighted by Crippen LogP contribution is -2.57. The van der Waals surface area contributed by atoms with Crippen molar-refractivity contribution in [2.24, 2.45) is 23.2 Å². The van der Waals surface area contributed by atoms with Crippen LogP contribution in [-0.4, -0.2) is 29.7 Å². The zero-order valence-electron chi connectivity index (χ0n) is 11.4. The van der Waals surface area contributed by atoms with Gasteiger partial charge in [-0.1, -0.05) is 0 Å². The van der Waals surface area contributed by atoms with Crippen LogP contribution < -0.4 is 0 Å². The second kappa shape index (κ2) is 4.07. The van der Waals surface area contributed by atoms with E-state index in [1.165, 1.54) is 0 Å². The van der Waals surface area contributed by atoms with Crippen molar-refractivity contribution >= 4 is 11.7 Å². The zero-order valence-corrected chi connectivity index (χ0v) is 11.4. The SMILES string of the molecule is CCN(CC)C(=O)C12CC3CC(C1)C(=O)C(C3)C2. The fraction of sp³-hybridized carbons (Fsp3) is 0.867. The molecule has 0 heterocycles. The van der Waals surface area contributed by atoms with Gasteiger partial charge >= 0.3 is 0 Å². The number of ketones is 1. The van der Waals surface area contributed by atoms with Crippen molar-refractivity contribution in [1.29, 1.82) is 0 Å². The van der Waals surface area contributed by atoms with E-state index in [0.717, 1.165) is 45.2 Å². The molecule has 2 atom stereocenters. The molecular formula is C15H23NO2. The molecule has 4 bridgehead atoms. The minimum atomic E-state index is -0.170. The van der Waals surface area contributed by atoms with E-state index in [0.29, 0.717) is 17.6 Å². The Balaban J connectivity index is 1.88. The van der Waals surface area contributed by atoms with E-state index in [1.54, 1.807) is 0 Å². The van der Waals surface area contributed by atoms with E-state index in [2.05, 4.69) is 0 Å². The van der Waals surface area contributed by atoms with Crippen LogP contribution in [0.1, 0.15) is 46.0 Å². The van der Waals surface area contributed by atoms with E-state index in [-0.39, 0.29) is 17.3 Å². The first-order chi connectivity index (χ1) is 8.59. The van der Waals surface area contributed by atoms with Gasteiger partial charge in [-0.25, -0.2) is 0 Å². The molecule has 18 heavy (non-hydrogen) atoms. The average molecular weight is 249 g/mol. The molecule has 0 spiro atoms. The third-order valence-corrected chi connectivity index (χ3v) is 5.50. The Labute approximate surface area is 109 Å². The molecule has 3 heteroatoms. The predicted molar refractivity (Wildman–Crippen MR) is 68.9 cm³/mol. The van der Waals surface area contributed by atoms with E-state index < -0.39 is 0 Å². The lowest BCUT2D eigenvalue weighted by Gasteiger charge is -2.55. The molecule has 0 saturated heterocycles. The molecule has 0 aromatic rings. The fourth-order valence-corrected chi connectivity index (χ4v) is 4.86. The molecule has 2 unspecified atom stereocenters. The first kappa shape index (κ1) is 12.2. The van der Waals surface area contributed by atoms with Crippen LogP contribution in [0.3, 0.4) is 0 Å². The minimum Gasteiger partial charge on any atom is -0.343 e. The third kappa shape index (κ3) is 1.55. The molecule has 3 nitrogen and oxygen atoms in total. The molecule has 4 aliphatic carbocycles. The average Bonchev–Trinajstić information content (AvgIpc) is 2.36. The van der Waals surface area contributed by atoms with E-state index in [4.69, 9.17) is 0 Å². The predicted octanol–water partition coefficient (Wildman–Crippen LogP) is 2.25. The van der Waals surface area contributed by atoms with Gasteiger partial charge in [0, 0.05) is 24.9 Å². The highest BCUT2D eigenvalue weighted by molar-refractivity contribution is 5.91. The monoisotopic (exact) mass is 249 g/mol. The molecular weight excluding hydrogens is 226 g/mol. The summed E-state index contributed by atoms with van der Waals surface area (Å²) in [6.07, 6.45) is 4.84. The van der Waals surface area contributed by atoms with Crippen molar-refractivity contribution in [1.82, 2.24) is 4.90 Å². The van der Waals surface area contributed by atoms with Crippen molar-refractivity contribution in [2.75, 3.05) is 13.1 Å². The Hall–Kier alpha value is -0.860. The molecule has 0 radical (unpaired) electrons. The lowest BCUT2D eigenvalue weighted by atomic mass is 9.48. The van der Waals surface area contributed by atoms with Gasteiger partial charge in [-0.3, -0.25) is 9.59 Å². The smallest absolute Gasteiger partial charge is 0.228 e. The van der Waals surface area contributed by atoms with Crippen molar-refractivity contribution in [3.63, 3.8) is 0 Å². The molecule has 0 aliphatic heterocycles. The zero-order chi connectivity index (χ0) is 12.9. The first-order valence-corrected chi connectivity index (χ1v) is 7.42. The van der Waals surface area contributed by atoms with Gasteiger partial charge < -0.3 is 4.90 Å². The normalized spacial score (nSPS) is 41.2. The molecule has 4 fully saturated rings. The van der Waals surface area contributed by atoms with Crippen LogP contribution in [-0.2, 0) is 9.59 Å². The van der Waals surface area contributed by atoms with Crippen LogP contribution in [0, 0.1) is 23.2 Å². The maximum Gasteiger partial charge on any atom is 0.228 e. The molecule has 100 valence electrons. The summed E-state index contributed by atoms with van der Waals surface area (Å²) in [5.41, 5.74) is -0.170. The van der Waals surface area contributed by atoms with Crippen LogP contribution in [0.5, 0.6) is 0 Å². The Kier molecular flexibility index (Phi) is 2.76. The van der Waals surface area contributed by atoms with E-state index in [9.17, 15) is 9.59 Å². The molecule has 1 amide bonds.